The van der Waals surface area contributed by atoms with Crippen molar-refractivity contribution in [2.24, 2.45) is 0 Å². The van der Waals surface area contributed by atoms with Crippen LogP contribution in [0.4, 0.5) is 0 Å². The molecule has 0 fully saturated rings. The standard InChI is InChI=1S/C18H12Cl2N4O/c1-25-17-13-4-2-3-5-15(13)23-18(24-10-21-9-22-24)16(17)12-7-6-11(19)8-14(12)20/h2-10H,1H3. The highest BCUT2D eigenvalue weighted by atomic mass is 35.5. The maximum atomic E-state index is 6.46. The second-order valence-electron chi connectivity index (χ2n) is 5.33. The lowest BCUT2D eigenvalue weighted by molar-refractivity contribution is 0.421. The van der Waals surface area contributed by atoms with Crippen LogP contribution in [-0.4, -0.2) is 26.9 Å². The molecule has 25 heavy (non-hydrogen) atoms. The van der Waals surface area contributed by atoms with Crippen molar-refractivity contribution in [3.63, 3.8) is 0 Å². The van der Waals surface area contributed by atoms with E-state index in [1.807, 2.05) is 30.3 Å². The Morgan fingerprint density at radius 2 is 1.92 bits per heavy atom. The monoisotopic (exact) mass is 370 g/mol. The molecule has 4 rings (SSSR count). The highest BCUT2D eigenvalue weighted by Gasteiger charge is 2.21. The van der Waals surface area contributed by atoms with E-state index in [1.54, 1.807) is 30.3 Å². The average Bonchev–Trinajstić information content (AvgIpc) is 3.15. The molecule has 0 N–H and O–H groups in total. The number of methoxy groups -OCH3 is 1. The van der Waals surface area contributed by atoms with Crippen molar-refractivity contribution in [1.29, 1.82) is 0 Å². The molecule has 0 unspecified atom stereocenters. The highest BCUT2D eigenvalue weighted by Crippen LogP contribution is 2.42. The summed E-state index contributed by atoms with van der Waals surface area (Å²) in [5, 5.41) is 6.17. The van der Waals surface area contributed by atoms with E-state index in [0.29, 0.717) is 21.6 Å². The molecule has 5 nitrogen and oxygen atoms in total. The number of hydrogen-bond acceptors (Lipinski definition) is 4. The summed E-state index contributed by atoms with van der Waals surface area (Å²) in [5.74, 6) is 1.25. The molecule has 7 heteroatoms. The maximum Gasteiger partial charge on any atom is 0.167 e. The summed E-state index contributed by atoms with van der Waals surface area (Å²) in [7, 11) is 1.63. The lowest BCUT2D eigenvalue weighted by Crippen LogP contribution is -2.04. The first-order chi connectivity index (χ1) is 12.2. The molecule has 2 aromatic carbocycles. The van der Waals surface area contributed by atoms with Crippen molar-refractivity contribution in [3.05, 3.63) is 65.2 Å². The quantitative estimate of drug-likeness (QED) is 0.519. The van der Waals surface area contributed by atoms with Gasteiger partial charge < -0.3 is 4.74 Å². The van der Waals surface area contributed by atoms with Crippen LogP contribution >= 0.6 is 23.2 Å². The molecule has 0 saturated carbocycles. The third-order valence-electron chi connectivity index (χ3n) is 3.87. The van der Waals surface area contributed by atoms with E-state index in [1.165, 1.54) is 6.33 Å². The Hall–Kier alpha value is -2.63. The molecule has 0 bridgehead atoms. The number of para-hydroxylation sites is 1. The Labute approximate surface area is 153 Å². The van der Waals surface area contributed by atoms with Gasteiger partial charge in [0, 0.05) is 16.0 Å². The predicted molar refractivity (Wildman–Crippen MR) is 98.7 cm³/mol. The molecule has 0 aliphatic heterocycles. The first-order valence-corrected chi connectivity index (χ1v) is 8.22. The molecule has 2 heterocycles. The van der Waals surface area contributed by atoms with E-state index < -0.39 is 0 Å². The van der Waals surface area contributed by atoms with Crippen LogP contribution in [0.2, 0.25) is 10.0 Å². The lowest BCUT2D eigenvalue weighted by Gasteiger charge is -2.17. The van der Waals surface area contributed by atoms with E-state index >= 15 is 0 Å². The van der Waals surface area contributed by atoms with E-state index in [2.05, 4.69) is 10.1 Å². The van der Waals surface area contributed by atoms with Gasteiger partial charge in [-0.3, -0.25) is 0 Å². The zero-order valence-electron chi connectivity index (χ0n) is 13.1. The summed E-state index contributed by atoms with van der Waals surface area (Å²) in [6, 6.07) is 13.1. The number of aromatic nitrogens is 4. The summed E-state index contributed by atoms with van der Waals surface area (Å²) < 4.78 is 7.34. The Balaban J connectivity index is 2.15. The van der Waals surface area contributed by atoms with Gasteiger partial charge in [0.05, 0.1) is 23.2 Å². The van der Waals surface area contributed by atoms with Crippen molar-refractivity contribution >= 4 is 34.1 Å². The Kier molecular flexibility index (Phi) is 4.03. The van der Waals surface area contributed by atoms with E-state index in [9.17, 15) is 0 Å². The highest BCUT2D eigenvalue weighted by molar-refractivity contribution is 6.36. The number of benzene rings is 2. The minimum absolute atomic E-state index is 0.504. The van der Waals surface area contributed by atoms with Gasteiger partial charge in [0.2, 0.25) is 0 Å². The molecule has 0 aliphatic carbocycles. The summed E-state index contributed by atoms with van der Waals surface area (Å²) >= 11 is 12.5. The van der Waals surface area contributed by atoms with Crippen molar-refractivity contribution in [2.75, 3.05) is 7.11 Å². The molecule has 124 valence electrons. The van der Waals surface area contributed by atoms with Crippen LogP contribution in [0.5, 0.6) is 5.75 Å². The zero-order chi connectivity index (χ0) is 17.4. The number of nitrogens with zero attached hydrogens (tertiary/aromatic N) is 4. The third-order valence-corrected chi connectivity index (χ3v) is 4.41. The van der Waals surface area contributed by atoms with E-state index in [4.69, 9.17) is 32.9 Å². The molecule has 0 saturated heterocycles. The zero-order valence-corrected chi connectivity index (χ0v) is 14.7. The van der Waals surface area contributed by atoms with Gasteiger partial charge in [-0.1, -0.05) is 41.4 Å². The second-order valence-corrected chi connectivity index (χ2v) is 6.17. The van der Waals surface area contributed by atoms with Crippen molar-refractivity contribution < 1.29 is 4.74 Å². The lowest BCUT2D eigenvalue weighted by atomic mass is 10.0. The van der Waals surface area contributed by atoms with Gasteiger partial charge in [0.1, 0.15) is 18.4 Å². The molecule has 2 aromatic heterocycles. The van der Waals surface area contributed by atoms with Gasteiger partial charge in [0.25, 0.3) is 0 Å². The third kappa shape index (κ3) is 2.71. The van der Waals surface area contributed by atoms with Crippen molar-refractivity contribution in [3.8, 4) is 22.7 Å². The fourth-order valence-electron chi connectivity index (χ4n) is 2.80. The van der Waals surface area contributed by atoms with E-state index in [-0.39, 0.29) is 0 Å². The normalized spacial score (nSPS) is 11.0. The van der Waals surface area contributed by atoms with Gasteiger partial charge in [-0.05, 0) is 24.3 Å². The van der Waals surface area contributed by atoms with Gasteiger partial charge in [-0.2, -0.15) is 5.10 Å². The maximum absolute atomic E-state index is 6.46. The minimum Gasteiger partial charge on any atom is -0.495 e. The largest absolute Gasteiger partial charge is 0.495 e. The average molecular weight is 371 g/mol. The Bertz CT molecular complexity index is 1060. The Morgan fingerprint density at radius 1 is 1.08 bits per heavy atom. The summed E-state index contributed by atoms with van der Waals surface area (Å²) in [5.41, 5.74) is 2.28. The molecule has 0 radical (unpaired) electrons. The molecular formula is C18H12Cl2N4O. The van der Waals surface area contributed by atoms with E-state index in [0.717, 1.165) is 22.0 Å². The van der Waals surface area contributed by atoms with Crippen LogP contribution in [-0.2, 0) is 0 Å². The first-order valence-electron chi connectivity index (χ1n) is 7.46. The van der Waals surface area contributed by atoms with Gasteiger partial charge in [-0.25, -0.2) is 14.6 Å². The van der Waals surface area contributed by atoms with Crippen LogP contribution in [0.1, 0.15) is 0 Å². The molecular weight excluding hydrogens is 359 g/mol. The van der Waals surface area contributed by atoms with Crippen LogP contribution in [0.25, 0.3) is 27.8 Å². The number of halogens is 2. The Morgan fingerprint density at radius 3 is 2.64 bits per heavy atom. The fraction of sp³-hybridized carbons (Fsp3) is 0.0556. The van der Waals surface area contributed by atoms with Crippen molar-refractivity contribution in [1.82, 2.24) is 19.7 Å². The molecule has 0 spiro atoms. The summed E-state index contributed by atoms with van der Waals surface area (Å²) in [4.78, 5) is 8.78. The van der Waals surface area contributed by atoms with Gasteiger partial charge in [0.15, 0.2) is 5.82 Å². The first kappa shape index (κ1) is 15.9. The van der Waals surface area contributed by atoms with Gasteiger partial charge in [-0.15, -0.1) is 0 Å². The smallest absolute Gasteiger partial charge is 0.167 e. The topological polar surface area (TPSA) is 52.8 Å². The predicted octanol–water partition coefficient (Wildman–Crippen LogP) is 4.80. The van der Waals surface area contributed by atoms with Crippen LogP contribution in [0, 0.1) is 0 Å². The molecule has 0 atom stereocenters. The number of hydrogen-bond donors (Lipinski definition) is 0. The summed E-state index contributed by atoms with van der Waals surface area (Å²) in [6.07, 6.45) is 3.04. The summed E-state index contributed by atoms with van der Waals surface area (Å²) in [6.45, 7) is 0. The molecule has 0 amide bonds. The number of rotatable bonds is 3. The number of pyridine rings is 1. The van der Waals surface area contributed by atoms with Crippen molar-refractivity contribution in [2.45, 2.75) is 0 Å². The minimum atomic E-state index is 0.504. The molecule has 0 aliphatic rings. The molecule has 4 aromatic rings. The number of fused-ring (bicyclic) bond motifs is 1. The second kappa shape index (κ2) is 6.35. The van der Waals surface area contributed by atoms with Gasteiger partial charge >= 0.3 is 0 Å². The fourth-order valence-corrected chi connectivity index (χ4v) is 3.30. The number of ether oxygens (including phenoxy) is 1. The van der Waals surface area contributed by atoms with Crippen LogP contribution in [0.3, 0.4) is 0 Å². The van der Waals surface area contributed by atoms with Crippen LogP contribution < -0.4 is 4.74 Å². The van der Waals surface area contributed by atoms with Crippen LogP contribution in [0.15, 0.2) is 55.1 Å². The SMILES string of the molecule is COc1c(-c2ccc(Cl)cc2Cl)c(-n2cncn2)nc2ccccc12.